The normalized spacial score (nSPS) is 15.5. The third kappa shape index (κ3) is 3.24. The topological polar surface area (TPSA) is 38.1 Å². The molecule has 1 amide bonds. The molecule has 1 saturated heterocycles. The van der Waals surface area contributed by atoms with Gasteiger partial charge >= 0.3 is 0 Å². The van der Waals surface area contributed by atoms with Crippen LogP contribution >= 0.6 is 0 Å². The summed E-state index contributed by atoms with van der Waals surface area (Å²) in [6, 6.07) is 16.2. The Morgan fingerprint density at radius 2 is 1.81 bits per heavy atom. The lowest BCUT2D eigenvalue weighted by Gasteiger charge is -2.32. The summed E-state index contributed by atoms with van der Waals surface area (Å²) >= 11 is 0. The maximum atomic E-state index is 13.0. The van der Waals surface area contributed by atoms with Gasteiger partial charge in [0.2, 0.25) is 0 Å². The number of likely N-dealkylation sites (tertiary alicyclic amines) is 1. The number of rotatable bonds is 3. The van der Waals surface area contributed by atoms with Gasteiger partial charge in [-0.2, -0.15) is 5.10 Å². The van der Waals surface area contributed by atoms with Crippen LogP contribution in [0, 0.1) is 19.8 Å². The quantitative estimate of drug-likeness (QED) is 0.712. The van der Waals surface area contributed by atoms with E-state index in [4.69, 9.17) is 0 Å². The number of benzene rings is 2. The maximum absolute atomic E-state index is 13.0. The molecule has 26 heavy (non-hydrogen) atoms. The van der Waals surface area contributed by atoms with Gasteiger partial charge in [0.25, 0.3) is 5.91 Å². The van der Waals surface area contributed by atoms with Crippen molar-refractivity contribution in [1.29, 1.82) is 0 Å². The number of nitrogens with zero attached hydrogens (tertiary/aromatic N) is 3. The highest BCUT2D eigenvalue weighted by molar-refractivity contribution is 6.07. The minimum atomic E-state index is 0.159. The minimum Gasteiger partial charge on any atom is -0.339 e. The third-order valence-corrected chi connectivity index (χ3v) is 5.46. The van der Waals surface area contributed by atoms with Crippen LogP contribution in [0.5, 0.6) is 0 Å². The number of fused-ring (bicyclic) bond motifs is 1. The van der Waals surface area contributed by atoms with Gasteiger partial charge in [0.15, 0.2) is 0 Å². The summed E-state index contributed by atoms with van der Waals surface area (Å²) in [4.78, 5) is 15.1. The van der Waals surface area contributed by atoms with Crippen LogP contribution in [0.2, 0.25) is 0 Å². The molecule has 0 saturated carbocycles. The lowest BCUT2D eigenvalue weighted by atomic mass is 9.95. The molecule has 4 rings (SSSR count). The highest BCUT2D eigenvalue weighted by atomic mass is 16.2. The first-order valence-corrected chi connectivity index (χ1v) is 9.40. The fourth-order valence-electron chi connectivity index (χ4n) is 4.01. The van der Waals surface area contributed by atoms with Crippen LogP contribution in [0.15, 0.2) is 48.5 Å². The van der Waals surface area contributed by atoms with Crippen LogP contribution in [-0.4, -0.2) is 33.7 Å². The Balaban J connectivity index is 1.44. The van der Waals surface area contributed by atoms with E-state index in [1.54, 1.807) is 0 Å². The van der Waals surface area contributed by atoms with Crippen molar-refractivity contribution < 1.29 is 4.79 Å². The molecule has 2 heterocycles. The second kappa shape index (κ2) is 6.94. The molecule has 4 nitrogen and oxygen atoms in total. The number of hydrogen-bond donors (Lipinski definition) is 0. The van der Waals surface area contributed by atoms with Gasteiger partial charge in [0.05, 0.1) is 5.69 Å². The number of piperidine rings is 1. The predicted molar refractivity (Wildman–Crippen MR) is 104 cm³/mol. The SMILES string of the molecule is Cc1cc(C)n(CC2CCN(C(=O)c3cccc4ccccc34)CC2)n1. The van der Waals surface area contributed by atoms with Gasteiger partial charge in [0.1, 0.15) is 0 Å². The Hall–Kier alpha value is -2.62. The number of carbonyl (C=O) groups excluding carboxylic acids is 1. The van der Waals surface area contributed by atoms with E-state index < -0.39 is 0 Å². The summed E-state index contributed by atoms with van der Waals surface area (Å²) in [6.07, 6.45) is 2.07. The van der Waals surface area contributed by atoms with Crippen molar-refractivity contribution in [3.63, 3.8) is 0 Å². The third-order valence-electron chi connectivity index (χ3n) is 5.46. The molecule has 0 spiro atoms. The summed E-state index contributed by atoms with van der Waals surface area (Å²) in [5, 5.41) is 6.75. The molecule has 3 aromatic rings. The largest absolute Gasteiger partial charge is 0.339 e. The molecule has 0 N–H and O–H groups in total. The zero-order valence-electron chi connectivity index (χ0n) is 15.5. The average Bonchev–Trinajstić information content (AvgIpc) is 2.98. The fraction of sp³-hybridized carbons (Fsp3) is 0.364. The van der Waals surface area contributed by atoms with E-state index >= 15 is 0 Å². The first-order valence-electron chi connectivity index (χ1n) is 9.40. The van der Waals surface area contributed by atoms with E-state index in [9.17, 15) is 4.79 Å². The minimum absolute atomic E-state index is 0.159. The Labute approximate surface area is 154 Å². The Kier molecular flexibility index (Phi) is 4.49. The fourth-order valence-corrected chi connectivity index (χ4v) is 4.01. The lowest BCUT2D eigenvalue weighted by Crippen LogP contribution is -2.39. The standard InChI is InChI=1S/C22H25N3O/c1-16-14-17(2)25(23-16)15-18-10-12-24(13-11-18)22(26)21-9-5-7-19-6-3-4-8-20(19)21/h3-9,14,18H,10-13,15H2,1-2H3. The number of aryl methyl sites for hydroxylation is 2. The molecule has 4 heteroatoms. The van der Waals surface area contributed by atoms with E-state index in [0.29, 0.717) is 5.92 Å². The number of amides is 1. The highest BCUT2D eigenvalue weighted by Gasteiger charge is 2.25. The first-order chi connectivity index (χ1) is 12.6. The van der Waals surface area contributed by atoms with Crippen LogP contribution < -0.4 is 0 Å². The van der Waals surface area contributed by atoms with Crippen LogP contribution in [0.25, 0.3) is 10.8 Å². The van der Waals surface area contributed by atoms with Gasteiger partial charge in [-0.15, -0.1) is 0 Å². The van der Waals surface area contributed by atoms with Crippen LogP contribution in [0.3, 0.4) is 0 Å². The summed E-state index contributed by atoms with van der Waals surface area (Å²) in [7, 11) is 0. The molecule has 0 atom stereocenters. The Bertz CT molecular complexity index is 930. The van der Waals surface area contributed by atoms with Crippen molar-refractivity contribution in [3.05, 3.63) is 65.5 Å². The van der Waals surface area contributed by atoms with Crippen molar-refractivity contribution in [2.75, 3.05) is 13.1 Å². The molecule has 1 aliphatic heterocycles. The van der Waals surface area contributed by atoms with Crippen molar-refractivity contribution >= 4 is 16.7 Å². The molecular formula is C22H25N3O. The van der Waals surface area contributed by atoms with E-state index in [-0.39, 0.29) is 5.91 Å². The summed E-state index contributed by atoms with van der Waals surface area (Å²) in [5.74, 6) is 0.746. The van der Waals surface area contributed by atoms with Gasteiger partial charge in [-0.25, -0.2) is 0 Å². The molecule has 0 aliphatic carbocycles. The van der Waals surface area contributed by atoms with Gasteiger partial charge < -0.3 is 4.90 Å². The Morgan fingerprint density at radius 1 is 1.08 bits per heavy atom. The maximum Gasteiger partial charge on any atom is 0.254 e. The van der Waals surface area contributed by atoms with Gasteiger partial charge in [0, 0.05) is 30.9 Å². The molecule has 1 fully saturated rings. The van der Waals surface area contributed by atoms with Crippen LogP contribution in [-0.2, 0) is 6.54 Å². The van der Waals surface area contributed by atoms with Gasteiger partial charge in [-0.1, -0.05) is 36.4 Å². The average molecular weight is 347 g/mol. The monoisotopic (exact) mass is 347 g/mol. The molecule has 1 aromatic heterocycles. The van der Waals surface area contributed by atoms with E-state index in [2.05, 4.69) is 34.9 Å². The predicted octanol–water partition coefficient (Wildman–Crippen LogP) is 4.21. The molecule has 0 radical (unpaired) electrons. The molecule has 2 aromatic carbocycles. The van der Waals surface area contributed by atoms with Crippen molar-refractivity contribution in [2.24, 2.45) is 5.92 Å². The van der Waals surface area contributed by atoms with Crippen molar-refractivity contribution in [2.45, 2.75) is 33.2 Å². The summed E-state index contributed by atoms with van der Waals surface area (Å²) in [6.45, 7) is 6.75. The van der Waals surface area contributed by atoms with E-state index in [1.165, 1.54) is 5.69 Å². The van der Waals surface area contributed by atoms with Gasteiger partial charge in [-0.3, -0.25) is 9.48 Å². The van der Waals surface area contributed by atoms with Gasteiger partial charge in [-0.05, 0) is 55.5 Å². The highest BCUT2D eigenvalue weighted by Crippen LogP contribution is 2.24. The molecular weight excluding hydrogens is 322 g/mol. The lowest BCUT2D eigenvalue weighted by molar-refractivity contribution is 0.0683. The molecule has 1 aliphatic rings. The van der Waals surface area contributed by atoms with Crippen LogP contribution in [0.1, 0.15) is 34.6 Å². The molecule has 0 unspecified atom stereocenters. The second-order valence-corrected chi connectivity index (χ2v) is 7.37. The van der Waals surface area contributed by atoms with Crippen molar-refractivity contribution in [1.82, 2.24) is 14.7 Å². The van der Waals surface area contributed by atoms with E-state index in [1.807, 2.05) is 42.2 Å². The van der Waals surface area contributed by atoms with E-state index in [0.717, 1.165) is 54.5 Å². The second-order valence-electron chi connectivity index (χ2n) is 7.37. The molecule has 0 bridgehead atoms. The van der Waals surface area contributed by atoms with Crippen molar-refractivity contribution in [3.8, 4) is 0 Å². The number of carbonyl (C=O) groups is 1. The summed E-state index contributed by atoms with van der Waals surface area (Å²) < 4.78 is 2.11. The first kappa shape index (κ1) is 16.8. The van der Waals surface area contributed by atoms with Crippen LogP contribution in [0.4, 0.5) is 0 Å². The summed E-state index contributed by atoms with van der Waals surface area (Å²) in [5.41, 5.74) is 3.11. The number of aromatic nitrogens is 2. The Morgan fingerprint density at radius 3 is 2.54 bits per heavy atom. The zero-order chi connectivity index (χ0) is 18.1. The smallest absolute Gasteiger partial charge is 0.254 e. The number of hydrogen-bond acceptors (Lipinski definition) is 2. The zero-order valence-corrected chi connectivity index (χ0v) is 15.5. The molecule has 134 valence electrons.